The third-order valence-corrected chi connectivity index (χ3v) is 2.40. The third-order valence-electron chi connectivity index (χ3n) is 2.40. The number of carbonyl (C=O) groups excluding carboxylic acids is 2. The van der Waals surface area contributed by atoms with Gasteiger partial charge in [0, 0.05) is 25.9 Å². The number of unbranched alkanes of at least 4 members (excludes halogenated alkanes) is 2. The highest BCUT2D eigenvalue weighted by molar-refractivity contribution is 5.76. The molecule has 15 heavy (non-hydrogen) atoms. The van der Waals surface area contributed by atoms with E-state index in [2.05, 4.69) is 10.6 Å². The van der Waals surface area contributed by atoms with Gasteiger partial charge in [-0.1, -0.05) is 6.42 Å². The van der Waals surface area contributed by atoms with Gasteiger partial charge in [0.25, 0.3) is 0 Å². The Kier molecular flexibility index (Phi) is 5.15. The van der Waals surface area contributed by atoms with Crippen molar-refractivity contribution >= 4 is 11.8 Å². The second kappa shape index (κ2) is 6.43. The number of carbonyl (C=O) groups is 2. The van der Waals surface area contributed by atoms with Crippen LogP contribution in [-0.2, 0) is 9.59 Å². The summed E-state index contributed by atoms with van der Waals surface area (Å²) in [6.45, 7) is 2.24. The molecule has 0 unspecified atom stereocenters. The first-order chi connectivity index (χ1) is 7.18. The molecule has 1 rings (SSSR count). The first-order valence-electron chi connectivity index (χ1n) is 5.72. The van der Waals surface area contributed by atoms with E-state index in [9.17, 15) is 9.59 Å². The lowest BCUT2D eigenvalue weighted by atomic mass is 10.2. The van der Waals surface area contributed by atoms with E-state index in [-0.39, 0.29) is 11.8 Å². The lowest BCUT2D eigenvalue weighted by Gasteiger charge is -2.03. The molecule has 0 saturated heterocycles. The molecule has 4 heteroatoms. The van der Waals surface area contributed by atoms with Crippen molar-refractivity contribution < 1.29 is 9.59 Å². The van der Waals surface area contributed by atoms with E-state index in [4.69, 9.17) is 0 Å². The molecule has 0 spiro atoms. The van der Waals surface area contributed by atoms with Gasteiger partial charge in [-0.05, 0) is 25.7 Å². The zero-order valence-corrected chi connectivity index (χ0v) is 9.34. The van der Waals surface area contributed by atoms with Gasteiger partial charge in [-0.2, -0.15) is 0 Å². The largest absolute Gasteiger partial charge is 0.356 e. The zero-order valence-electron chi connectivity index (χ0n) is 9.34. The summed E-state index contributed by atoms with van der Waals surface area (Å²) < 4.78 is 0. The molecule has 1 aliphatic carbocycles. The normalized spacial score (nSPS) is 14.7. The SMILES string of the molecule is CC(=O)NCCCCCC(=O)NC1CC1. The van der Waals surface area contributed by atoms with Crippen LogP contribution in [-0.4, -0.2) is 24.4 Å². The van der Waals surface area contributed by atoms with E-state index in [0.29, 0.717) is 12.5 Å². The van der Waals surface area contributed by atoms with Crippen LogP contribution in [0.5, 0.6) is 0 Å². The average Bonchev–Trinajstić information content (AvgIpc) is 2.94. The molecule has 86 valence electrons. The fourth-order valence-corrected chi connectivity index (χ4v) is 1.38. The molecular formula is C11H20N2O2. The molecule has 0 aromatic heterocycles. The molecule has 0 aliphatic heterocycles. The second-order valence-electron chi connectivity index (χ2n) is 4.14. The number of nitrogens with one attached hydrogen (secondary N) is 2. The molecule has 0 radical (unpaired) electrons. The molecule has 0 heterocycles. The predicted molar refractivity (Wildman–Crippen MR) is 58.3 cm³/mol. The van der Waals surface area contributed by atoms with E-state index in [1.54, 1.807) is 0 Å². The zero-order chi connectivity index (χ0) is 11.1. The van der Waals surface area contributed by atoms with Gasteiger partial charge in [-0.15, -0.1) is 0 Å². The highest BCUT2D eigenvalue weighted by Crippen LogP contribution is 2.18. The second-order valence-corrected chi connectivity index (χ2v) is 4.14. The Morgan fingerprint density at radius 2 is 1.93 bits per heavy atom. The molecule has 0 aromatic carbocycles. The minimum absolute atomic E-state index is 0.0153. The standard InChI is InChI=1S/C11H20N2O2/c1-9(14)12-8-4-2-3-5-11(15)13-10-6-7-10/h10H,2-8H2,1H3,(H,12,14)(H,13,15). The van der Waals surface area contributed by atoms with Crippen molar-refractivity contribution in [2.75, 3.05) is 6.54 Å². The van der Waals surface area contributed by atoms with E-state index >= 15 is 0 Å². The Labute approximate surface area is 90.8 Å². The van der Waals surface area contributed by atoms with Gasteiger partial charge in [0.05, 0.1) is 0 Å². The number of rotatable bonds is 7. The van der Waals surface area contributed by atoms with E-state index in [1.165, 1.54) is 6.92 Å². The Morgan fingerprint density at radius 3 is 2.53 bits per heavy atom. The maximum Gasteiger partial charge on any atom is 0.220 e. The minimum atomic E-state index is 0.0153. The summed E-state index contributed by atoms with van der Waals surface area (Å²) in [5.74, 6) is 0.193. The van der Waals surface area contributed by atoms with Gasteiger partial charge < -0.3 is 10.6 Å². The van der Waals surface area contributed by atoms with Crippen LogP contribution in [0.15, 0.2) is 0 Å². The van der Waals surface area contributed by atoms with Gasteiger partial charge in [0.1, 0.15) is 0 Å². The van der Waals surface area contributed by atoms with Crippen molar-refractivity contribution in [1.29, 1.82) is 0 Å². The molecule has 0 aromatic rings. The van der Waals surface area contributed by atoms with Crippen LogP contribution in [0.3, 0.4) is 0 Å². The van der Waals surface area contributed by atoms with Gasteiger partial charge in [0.15, 0.2) is 0 Å². The molecule has 2 amide bonds. The first kappa shape index (κ1) is 12.0. The summed E-state index contributed by atoms with van der Waals surface area (Å²) in [4.78, 5) is 21.8. The van der Waals surface area contributed by atoms with Crippen LogP contribution in [0.4, 0.5) is 0 Å². The fraction of sp³-hybridized carbons (Fsp3) is 0.818. The van der Waals surface area contributed by atoms with E-state index in [1.807, 2.05) is 0 Å². The topological polar surface area (TPSA) is 58.2 Å². The Hall–Kier alpha value is -1.06. The highest BCUT2D eigenvalue weighted by Gasteiger charge is 2.22. The number of hydrogen-bond donors (Lipinski definition) is 2. The van der Waals surface area contributed by atoms with Crippen molar-refractivity contribution in [1.82, 2.24) is 10.6 Å². The van der Waals surface area contributed by atoms with Gasteiger partial charge in [-0.25, -0.2) is 0 Å². The number of amides is 2. The maximum atomic E-state index is 11.3. The summed E-state index contributed by atoms with van der Waals surface area (Å²) >= 11 is 0. The summed E-state index contributed by atoms with van der Waals surface area (Å²) in [5, 5.41) is 5.69. The van der Waals surface area contributed by atoms with E-state index in [0.717, 1.165) is 38.6 Å². The van der Waals surface area contributed by atoms with Crippen molar-refractivity contribution in [2.24, 2.45) is 0 Å². The maximum absolute atomic E-state index is 11.3. The Balaban J connectivity index is 1.83. The van der Waals surface area contributed by atoms with Crippen molar-refractivity contribution in [2.45, 2.75) is 51.5 Å². The van der Waals surface area contributed by atoms with Gasteiger partial charge in [-0.3, -0.25) is 9.59 Å². The van der Waals surface area contributed by atoms with Crippen LogP contribution in [0.25, 0.3) is 0 Å². The van der Waals surface area contributed by atoms with Crippen molar-refractivity contribution in [3.05, 3.63) is 0 Å². The van der Waals surface area contributed by atoms with Crippen LogP contribution in [0.1, 0.15) is 45.4 Å². The highest BCUT2D eigenvalue weighted by atomic mass is 16.2. The van der Waals surface area contributed by atoms with Crippen LogP contribution >= 0.6 is 0 Å². The van der Waals surface area contributed by atoms with Gasteiger partial charge >= 0.3 is 0 Å². The molecule has 1 fully saturated rings. The lowest BCUT2D eigenvalue weighted by Crippen LogP contribution is -2.25. The summed E-state index contributed by atoms with van der Waals surface area (Å²) in [6.07, 6.45) is 5.78. The molecule has 1 aliphatic rings. The molecule has 0 bridgehead atoms. The van der Waals surface area contributed by atoms with Crippen LogP contribution in [0, 0.1) is 0 Å². The van der Waals surface area contributed by atoms with Crippen molar-refractivity contribution in [3.63, 3.8) is 0 Å². The Morgan fingerprint density at radius 1 is 1.20 bits per heavy atom. The first-order valence-corrected chi connectivity index (χ1v) is 5.72. The molecule has 1 saturated carbocycles. The van der Waals surface area contributed by atoms with Crippen LogP contribution < -0.4 is 10.6 Å². The van der Waals surface area contributed by atoms with Crippen molar-refractivity contribution in [3.8, 4) is 0 Å². The number of hydrogen-bond acceptors (Lipinski definition) is 2. The molecule has 0 atom stereocenters. The lowest BCUT2D eigenvalue weighted by molar-refractivity contribution is -0.121. The third kappa shape index (κ3) is 6.94. The monoisotopic (exact) mass is 212 g/mol. The minimum Gasteiger partial charge on any atom is -0.356 e. The Bertz CT molecular complexity index is 225. The smallest absolute Gasteiger partial charge is 0.220 e. The molecule has 2 N–H and O–H groups in total. The molecule has 4 nitrogen and oxygen atoms in total. The predicted octanol–water partition coefficient (Wildman–Crippen LogP) is 0.961. The molecular weight excluding hydrogens is 192 g/mol. The average molecular weight is 212 g/mol. The summed E-state index contributed by atoms with van der Waals surface area (Å²) in [5.41, 5.74) is 0. The fourth-order valence-electron chi connectivity index (χ4n) is 1.38. The van der Waals surface area contributed by atoms with Gasteiger partial charge in [0.2, 0.25) is 11.8 Å². The summed E-state index contributed by atoms with van der Waals surface area (Å²) in [7, 11) is 0. The van der Waals surface area contributed by atoms with Crippen LogP contribution in [0.2, 0.25) is 0 Å². The van der Waals surface area contributed by atoms with E-state index < -0.39 is 0 Å². The summed E-state index contributed by atoms with van der Waals surface area (Å²) in [6, 6.07) is 0.469. The quantitative estimate of drug-likeness (QED) is 0.618.